The van der Waals surface area contributed by atoms with E-state index in [0.717, 1.165) is 11.1 Å². The average molecular weight is 434 g/mol. The summed E-state index contributed by atoms with van der Waals surface area (Å²) in [5, 5.41) is 8.03. The second kappa shape index (κ2) is 10.8. The summed E-state index contributed by atoms with van der Waals surface area (Å²) in [6.45, 7) is 3.64. The van der Waals surface area contributed by atoms with Gasteiger partial charge in [-0.2, -0.15) is 4.31 Å². The van der Waals surface area contributed by atoms with Gasteiger partial charge in [0.15, 0.2) is 5.25 Å². The van der Waals surface area contributed by atoms with Crippen LogP contribution < -0.4 is 9.47 Å². The van der Waals surface area contributed by atoms with Gasteiger partial charge in [-0.3, -0.25) is 4.79 Å². The van der Waals surface area contributed by atoms with Gasteiger partial charge >= 0.3 is 5.97 Å². The number of carboxylic acid groups (broad SMARTS) is 1. The number of nitrogens with zero attached hydrogens (tertiary/aromatic N) is 1. The van der Waals surface area contributed by atoms with E-state index in [4.69, 9.17) is 9.47 Å². The molecule has 0 fully saturated rings. The maximum Gasteiger partial charge on any atom is 0.323 e. The van der Waals surface area contributed by atoms with Crippen molar-refractivity contribution in [1.82, 2.24) is 4.31 Å². The average Bonchev–Trinajstić information content (AvgIpc) is 2.74. The van der Waals surface area contributed by atoms with E-state index in [-0.39, 0.29) is 25.9 Å². The SMILES string of the molecule is C=CCC[C@@H](C(=O)O)S(=O)(=O)N(Cc1ccc(OC)cc1)Cc1ccc(OC)cc1. The van der Waals surface area contributed by atoms with E-state index in [1.54, 1.807) is 62.8 Å². The Hall–Kier alpha value is -2.84. The molecule has 2 rings (SSSR count). The number of allylic oxidation sites excluding steroid dienone is 1. The first-order valence-corrected chi connectivity index (χ1v) is 10.9. The second-order valence-corrected chi connectivity index (χ2v) is 8.82. The highest BCUT2D eigenvalue weighted by Gasteiger charge is 2.37. The number of aliphatic carboxylic acids is 1. The van der Waals surface area contributed by atoms with Gasteiger partial charge in [-0.05, 0) is 48.2 Å². The first kappa shape index (κ1) is 23.4. The predicted molar refractivity (Wildman–Crippen MR) is 115 cm³/mol. The molecule has 30 heavy (non-hydrogen) atoms. The van der Waals surface area contributed by atoms with Gasteiger partial charge in [0.05, 0.1) is 14.2 Å². The number of sulfonamides is 1. The number of carboxylic acids is 1. The Morgan fingerprint density at radius 1 is 1.00 bits per heavy atom. The molecular weight excluding hydrogens is 406 g/mol. The molecule has 2 aromatic carbocycles. The molecule has 162 valence electrons. The maximum absolute atomic E-state index is 13.3. The fourth-order valence-corrected chi connectivity index (χ4v) is 4.66. The lowest BCUT2D eigenvalue weighted by molar-refractivity contribution is -0.136. The lowest BCUT2D eigenvalue weighted by Crippen LogP contribution is -2.42. The highest BCUT2D eigenvalue weighted by atomic mass is 32.2. The Bertz CT molecular complexity index is 889. The zero-order valence-electron chi connectivity index (χ0n) is 17.2. The van der Waals surface area contributed by atoms with Gasteiger partial charge in [0.25, 0.3) is 0 Å². The molecule has 0 amide bonds. The van der Waals surface area contributed by atoms with Gasteiger partial charge in [-0.15, -0.1) is 6.58 Å². The van der Waals surface area contributed by atoms with Crippen LogP contribution in [0.2, 0.25) is 0 Å². The van der Waals surface area contributed by atoms with Gasteiger partial charge in [0.1, 0.15) is 11.5 Å². The van der Waals surface area contributed by atoms with Crippen molar-refractivity contribution in [2.45, 2.75) is 31.2 Å². The molecule has 8 heteroatoms. The molecule has 2 aromatic rings. The molecule has 1 atom stereocenters. The van der Waals surface area contributed by atoms with Crippen molar-refractivity contribution in [3.05, 3.63) is 72.3 Å². The summed E-state index contributed by atoms with van der Waals surface area (Å²) in [4.78, 5) is 11.8. The molecule has 0 unspecified atom stereocenters. The third-order valence-electron chi connectivity index (χ3n) is 4.66. The minimum atomic E-state index is -4.14. The van der Waals surface area contributed by atoms with Crippen LogP contribution in [0.5, 0.6) is 11.5 Å². The standard InChI is InChI=1S/C22H27NO6S/c1-4-5-6-21(22(24)25)30(26,27)23(15-17-7-11-19(28-2)12-8-17)16-18-9-13-20(29-3)14-10-18/h4,7-14,21H,1,5-6,15-16H2,2-3H3,(H,24,25)/t21-/m0/s1. The monoisotopic (exact) mass is 433 g/mol. The van der Waals surface area contributed by atoms with Crippen molar-refractivity contribution in [1.29, 1.82) is 0 Å². The summed E-state index contributed by atoms with van der Waals surface area (Å²) in [6.07, 6.45) is 1.76. The molecule has 1 N–H and O–H groups in total. The third kappa shape index (κ3) is 6.08. The Morgan fingerprint density at radius 3 is 1.77 bits per heavy atom. The van der Waals surface area contributed by atoms with Gasteiger partial charge in [-0.1, -0.05) is 30.3 Å². The number of ether oxygens (including phenoxy) is 2. The van der Waals surface area contributed by atoms with Gasteiger partial charge < -0.3 is 14.6 Å². The number of hydrogen-bond acceptors (Lipinski definition) is 5. The van der Waals surface area contributed by atoms with Crippen molar-refractivity contribution in [2.24, 2.45) is 0 Å². The van der Waals surface area contributed by atoms with E-state index >= 15 is 0 Å². The minimum Gasteiger partial charge on any atom is -0.497 e. The predicted octanol–water partition coefficient (Wildman–Crippen LogP) is 3.46. The zero-order valence-corrected chi connectivity index (χ0v) is 18.0. The first-order chi connectivity index (χ1) is 14.3. The zero-order chi connectivity index (χ0) is 22.1. The quantitative estimate of drug-likeness (QED) is 0.515. The van der Waals surface area contributed by atoms with E-state index in [9.17, 15) is 18.3 Å². The lowest BCUT2D eigenvalue weighted by Gasteiger charge is -2.26. The molecule has 0 aromatic heterocycles. The van der Waals surface area contributed by atoms with E-state index in [2.05, 4.69) is 6.58 Å². The number of carbonyl (C=O) groups is 1. The van der Waals surface area contributed by atoms with E-state index < -0.39 is 21.2 Å². The molecule has 0 spiro atoms. The van der Waals surface area contributed by atoms with Crippen LogP contribution in [0.1, 0.15) is 24.0 Å². The summed E-state index contributed by atoms with van der Waals surface area (Å²) in [7, 11) is -1.04. The lowest BCUT2D eigenvalue weighted by atomic mass is 10.2. The molecule has 7 nitrogen and oxygen atoms in total. The van der Waals surface area contributed by atoms with Crippen LogP contribution in [-0.4, -0.2) is 43.3 Å². The summed E-state index contributed by atoms with van der Waals surface area (Å²) in [6, 6.07) is 14.0. The molecule has 0 bridgehead atoms. The summed E-state index contributed by atoms with van der Waals surface area (Å²) >= 11 is 0. The molecule has 0 saturated heterocycles. The fourth-order valence-electron chi connectivity index (χ4n) is 2.95. The molecule has 0 aliphatic rings. The largest absolute Gasteiger partial charge is 0.497 e. The molecule has 0 heterocycles. The van der Waals surface area contributed by atoms with Crippen LogP contribution in [0.3, 0.4) is 0 Å². The second-order valence-electron chi connectivity index (χ2n) is 6.70. The third-order valence-corrected chi connectivity index (χ3v) is 6.80. The smallest absolute Gasteiger partial charge is 0.323 e. The Kier molecular flexibility index (Phi) is 8.44. The van der Waals surface area contributed by atoms with Gasteiger partial charge in [0, 0.05) is 13.1 Å². The number of methoxy groups -OCH3 is 2. The molecular formula is C22H27NO6S. The van der Waals surface area contributed by atoms with E-state index in [1.807, 2.05) is 0 Å². The van der Waals surface area contributed by atoms with E-state index in [0.29, 0.717) is 11.5 Å². The van der Waals surface area contributed by atoms with Crippen molar-refractivity contribution in [3.63, 3.8) is 0 Å². The first-order valence-electron chi connectivity index (χ1n) is 9.40. The Balaban J connectivity index is 2.38. The van der Waals surface area contributed by atoms with Crippen LogP contribution in [-0.2, 0) is 27.9 Å². The Morgan fingerprint density at radius 2 is 1.43 bits per heavy atom. The van der Waals surface area contributed by atoms with Crippen molar-refractivity contribution in [3.8, 4) is 11.5 Å². The fraction of sp³-hybridized carbons (Fsp3) is 0.318. The summed E-state index contributed by atoms with van der Waals surface area (Å²) in [5.74, 6) is -0.0678. The van der Waals surface area contributed by atoms with E-state index in [1.165, 1.54) is 10.4 Å². The highest BCUT2D eigenvalue weighted by Crippen LogP contribution is 2.23. The van der Waals surface area contributed by atoms with Crippen molar-refractivity contribution >= 4 is 16.0 Å². The number of hydrogen-bond donors (Lipinski definition) is 1. The van der Waals surface area contributed by atoms with Crippen LogP contribution in [0, 0.1) is 0 Å². The van der Waals surface area contributed by atoms with Crippen molar-refractivity contribution in [2.75, 3.05) is 14.2 Å². The van der Waals surface area contributed by atoms with Crippen molar-refractivity contribution < 1.29 is 27.8 Å². The topological polar surface area (TPSA) is 93.1 Å². The minimum absolute atomic E-state index is 0.0379. The summed E-state index contributed by atoms with van der Waals surface area (Å²) < 4.78 is 38.1. The van der Waals surface area contributed by atoms with Crippen LogP contribution in [0.15, 0.2) is 61.2 Å². The Labute approximate surface area is 177 Å². The van der Waals surface area contributed by atoms with Gasteiger partial charge in [-0.25, -0.2) is 8.42 Å². The van der Waals surface area contributed by atoms with Crippen LogP contribution in [0.25, 0.3) is 0 Å². The highest BCUT2D eigenvalue weighted by molar-refractivity contribution is 7.90. The molecule has 0 radical (unpaired) electrons. The summed E-state index contributed by atoms with van der Waals surface area (Å²) in [5.41, 5.74) is 1.45. The van der Waals surface area contributed by atoms with Gasteiger partial charge in [0.2, 0.25) is 10.0 Å². The van der Waals surface area contributed by atoms with Crippen LogP contribution >= 0.6 is 0 Å². The normalized spacial score (nSPS) is 12.4. The van der Waals surface area contributed by atoms with Crippen LogP contribution in [0.4, 0.5) is 0 Å². The molecule has 0 aliphatic carbocycles. The maximum atomic E-state index is 13.3. The molecule has 0 aliphatic heterocycles. The molecule has 0 saturated carbocycles. The number of rotatable bonds is 12. The number of benzene rings is 2.